The van der Waals surface area contributed by atoms with E-state index in [4.69, 9.17) is 4.74 Å². The number of benzene rings is 1. The van der Waals surface area contributed by atoms with E-state index in [0.717, 1.165) is 29.9 Å². The first-order chi connectivity index (χ1) is 15.9. The SMILES string of the molecule is CCN(CC)c1ccc([C@H]2C(C(=O)OC)=C(C)N=c3s/c(=C/c4cnn(C)c4)c(=O)n32)cc1. The van der Waals surface area contributed by atoms with Crippen LogP contribution in [0.4, 0.5) is 5.69 Å². The lowest BCUT2D eigenvalue weighted by atomic mass is 9.95. The molecule has 1 aliphatic heterocycles. The van der Waals surface area contributed by atoms with Gasteiger partial charge in [0, 0.05) is 37.6 Å². The number of hydrogen-bond donors (Lipinski definition) is 0. The van der Waals surface area contributed by atoms with Crippen molar-refractivity contribution in [3.05, 3.63) is 78.7 Å². The highest BCUT2D eigenvalue weighted by molar-refractivity contribution is 7.07. The van der Waals surface area contributed by atoms with E-state index in [0.29, 0.717) is 20.6 Å². The summed E-state index contributed by atoms with van der Waals surface area (Å²) in [7, 11) is 3.17. The van der Waals surface area contributed by atoms with E-state index in [-0.39, 0.29) is 5.56 Å². The van der Waals surface area contributed by atoms with Crippen molar-refractivity contribution in [1.29, 1.82) is 0 Å². The van der Waals surface area contributed by atoms with E-state index in [2.05, 4.69) is 28.8 Å². The van der Waals surface area contributed by atoms with Crippen molar-refractivity contribution in [2.24, 2.45) is 12.0 Å². The highest BCUT2D eigenvalue weighted by Gasteiger charge is 2.33. The highest BCUT2D eigenvalue weighted by atomic mass is 32.1. The fourth-order valence-corrected chi connectivity index (χ4v) is 5.18. The fourth-order valence-electron chi connectivity index (χ4n) is 4.13. The average molecular weight is 466 g/mol. The minimum atomic E-state index is -0.615. The fraction of sp³-hybridized carbons (Fsp3) is 0.333. The third-order valence-electron chi connectivity index (χ3n) is 5.79. The zero-order valence-electron chi connectivity index (χ0n) is 19.4. The third-order valence-corrected chi connectivity index (χ3v) is 6.77. The molecule has 0 N–H and O–H groups in total. The number of nitrogens with zero attached hydrogens (tertiary/aromatic N) is 5. The Bertz CT molecular complexity index is 1390. The Hall–Kier alpha value is -3.46. The van der Waals surface area contributed by atoms with Gasteiger partial charge in [-0.2, -0.15) is 5.10 Å². The molecule has 8 nitrogen and oxygen atoms in total. The Kier molecular flexibility index (Phi) is 6.33. The zero-order chi connectivity index (χ0) is 23.7. The second-order valence-electron chi connectivity index (χ2n) is 7.78. The minimum absolute atomic E-state index is 0.200. The number of methoxy groups -OCH3 is 1. The number of thiazole rings is 1. The smallest absolute Gasteiger partial charge is 0.338 e. The number of hydrogen-bond acceptors (Lipinski definition) is 7. The van der Waals surface area contributed by atoms with E-state index in [1.54, 1.807) is 28.4 Å². The minimum Gasteiger partial charge on any atom is -0.466 e. The molecule has 3 heterocycles. The summed E-state index contributed by atoms with van der Waals surface area (Å²) >= 11 is 1.30. The van der Waals surface area contributed by atoms with Crippen LogP contribution in [-0.2, 0) is 16.6 Å². The number of fused-ring (bicyclic) bond motifs is 1. The quantitative estimate of drug-likeness (QED) is 0.520. The molecule has 1 aliphatic rings. The van der Waals surface area contributed by atoms with Crippen LogP contribution in [0.3, 0.4) is 0 Å². The zero-order valence-corrected chi connectivity index (χ0v) is 20.2. The lowest BCUT2D eigenvalue weighted by molar-refractivity contribution is -0.136. The first-order valence-corrected chi connectivity index (χ1v) is 11.6. The van der Waals surface area contributed by atoms with Crippen molar-refractivity contribution < 1.29 is 9.53 Å². The van der Waals surface area contributed by atoms with Gasteiger partial charge in [0.15, 0.2) is 4.80 Å². The first-order valence-electron chi connectivity index (χ1n) is 10.8. The molecule has 1 aromatic carbocycles. The second-order valence-corrected chi connectivity index (χ2v) is 8.79. The largest absolute Gasteiger partial charge is 0.466 e. The van der Waals surface area contributed by atoms with Crippen molar-refractivity contribution in [2.45, 2.75) is 26.8 Å². The van der Waals surface area contributed by atoms with E-state index in [1.807, 2.05) is 37.5 Å². The Labute approximate surface area is 195 Å². The van der Waals surface area contributed by atoms with Crippen LogP contribution in [0.15, 0.2) is 57.7 Å². The van der Waals surface area contributed by atoms with E-state index >= 15 is 0 Å². The van der Waals surface area contributed by atoms with Gasteiger partial charge < -0.3 is 9.64 Å². The third kappa shape index (κ3) is 4.16. The standard InChI is InChI=1S/C24H27N5O3S/c1-6-28(7-2)18-10-8-17(9-11-18)21-20(23(31)32-5)15(3)26-24-29(21)22(30)19(33-24)12-16-13-25-27(4)14-16/h8-14,21H,6-7H2,1-5H3/b19-12+/t21-/m0/s1. The lowest BCUT2D eigenvalue weighted by Gasteiger charge is -2.26. The van der Waals surface area contributed by atoms with Crippen LogP contribution in [0, 0.1) is 0 Å². The van der Waals surface area contributed by atoms with Crippen LogP contribution in [-0.4, -0.2) is 40.5 Å². The maximum atomic E-state index is 13.5. The van der Waals surface area contributed by atoms with Crippen molar-refractivity contribution in [1.82, 2.24) is 14.3 Å². The van der Waals surface area contributed by atoms with Crippen LogP contribution in [0.5, 0.6) is 0 Å². The van der Waals surface area contributed by atoms with Crippen LogP contribution in [0.2, 0.25) is 0 Å². The Morgan fingerprint density at radius 2 is 1.94 bits per heavy atom. The molecule has 3 aromatic rings. The van der Waals surface area contributed by atoms with E-state index in [1.165, 1.54) is 18.4 Å². The van der Waals surface area contributed by atoms with Gasteiger partial charge in [-0.1, -0.05) is 23.5 Å². The molecule has 0 saturated heterocycles. The van der Waals surface area contributed by atoms with Gasteiger partial charge in [-0.3, -0.25) is 14.0 Å². The summed E-state index contributed by atoms with van der Waals surface area (Å²) in [4.78, 5) is 33.7. The average Bonchev–Trinajstić information content (AvgIpc) is 3.36. The van der Waals surface area contributed by atoms with E-state index in [9.17, 15) is 9.59 Å². The Morgan fingerprint density at radius 1 is 1.24 bits per heavy atom. The van der Waals surface area contributed by atoms with Crippen LogP contribution < -0.4 is 19.8 Å². The first kappa shape index (κ1) is 22.7. The summed E-state index contributed by atoms with van der Waals surface area (Å²) in [6, 6.07) is 7.38. The normalized spacial score (nSPS) is 15.9. The molecule has 0 fully saturated rings. The number of rotatable bonds is 6. The molecule has 4 rings (SSSR count). The molecule has 0 radical (unpaired) electrons. The predicted octanol–water partition coefficient (Wildman–Crippen LogP) is 1.99. The molecule has 9 heteroatoms. The molecule has 1 atom stereocenters. The molecule has 33 heavy (non-hydrogen) atoms. The number of allylic oxidation sites excluding steroid dienone is 1. The summed E-state index contributed by atoms with van der Waals surface area (Å²) in [5.41, 5.74) is 3.46. The molecular weight excluding hydrogens is 438 g/mol. The van der Waals surface area contributed by atoms with Gasteiger partial charge in [-0.05, 0) is 44.5 Å². The topological polar surface area (TPSA) is 81.7 Å². The van der Waals surface area contributed by atoms with Gasteiger partial charge >= 0.3 is 5.97 Å². The van der Waals surface area contributed by atoms with Crippen molar-refractivity contribution in [3.63, 3.8) is 0 Å². The molecule has 0 spiro atoms. The van der Waals surface area contributed by atoms with E-state index < -0.39 is 12.0 Å². The van der Waals surface area contributed by atoms with Crippen LogP contribution in [0.1, 0.15) is 37.9 Å². The Balaban J connectivity index is 1.90. The van der Waals surface area contributed by atoms with Gasteiger partial charge in [0.1, 0.15) is 0 Å². The molecular formula is C24H27N5O3S. The van der Waals surface area contributed by atoms with Gasteiger partial charge in [-0.15, -0.1) is 0 Å². The number of carbonyl (C=O) groups is 1. The summed E-state index contributed by atoms with van der Waals surface area (Å²) in [6.45, 7) is 7.79. The number of ether oxygens (including phenoxy) is 1. The maximum Gasteiger partial charge on any atom is 0.338 e. The molecule has 2 aromatic heterocycles. The number of anilines is 1. The summed E-state index contributed by atoms with van der Waals surface area (Å²) < 4.78 is 8.88. The molecule has 0 bridgehead atoms. The molecule has 0 saturated carbocycles. The molecule has 0 amide bonds. The van der Waals surface area contributed by atoms with Gasteiger partial charge in [0.05, 0.1) is 35.2 Å². The van der Waals surface area contributed by atoms with Crippen molar-refractivity contribution in [3.8, 4) is 0 Å². The van der Waals surface area contributed by atoms with Gasteiger partial charge in [0.25, 0.3) is 5.56 Å². The second kappa shape index (κ2) is 9.19. The van der Waals surface area contributed by atoms with Gasteiger partial charge in [0.2, 0.25) is 0 Å². The van der Waals surface area contributed by atoms with Crippen LogP contribution in [0.25, 0.3) is 6.08 Å². The maximum absolute atomic E-state index is 13.5. The van der Waals surface area contributed by atoms with Crippen LogP contribution >= 0.6 is 11.3 Å². The summed E-state index contributed by atoms with van der Waals surface area (Å²) in [5, 5.41) is 4.17. The van der Waals surface area contributed by atoms with Crippen molar-refractivity contribution >= 4 is 29.1 Å². The van der Waals surface area contributed by atoms with Crippen molar-refractivity contribution in [2.75, 3.05) is 25.1 Å². The predicted molar refractivity (Wildman–Crippen MR) is 129 cm³/mol. The monoisotopic (exact) mass is 465 g/mol. The number of aryl methyl sites for hydroxylation is 1. The summed E-state index contributed by atoms with van der Waals surface area (Å²) in [6.07, 6.45) is 5.34. The number of aromatic nitrogens is 3. The summed E-state index contributed by atoms with van der Waals surface area (Å²) in [5.74, 6) is -0.490. The van der Waals surface area contributed by atoms with Gasteiger partial charge in [-0.25, -0.2) is 9.79 Å². The number of esters is 1. The highest BCUT2D eigenvalue weighted by Crippen LogP contribution is 2.31. The molecule has 172 valence electrons. The molecule has 0 unspecified atom stereocenters. The lowest BCUT2D eigenvalue weighted by Crippen LogP contribution is -2.39. The molecule has 0 aliphatic carbocycles. The number of carbonyl (C=O) groups excluding carboxylic acids is 1. The Morgan fingerprint density at radius 3 is 2.52 bits per heavy atom.